The summed E-state index contributed by atoms with van der Waals surface area (Å²) in [5, 5.41) is 15.9. The summed E-state index contributed by atoms with van der Waals surface area (Å²) in [6, 6.07) is 30.3. The Morgan fingerprint density at radius 2 is 1.42 bits per heavy atom. The number of piperidine rings is 2. The highest BCUT2D eigenvalue weighted by atomic mass is 79.9. The number of benzene rings is 4. The number of likely N-dealkylation sites (tertiary alicyclic amines) is 1. The van der Waals surface area contributed by atoms with E-state index in [-0.39, 0.29) is 23.1 Å². The normalized spacial score (nSPS) is 15.2. The zero-order valence-corrected chi connectivity index (χ0v) is 35.8. The summed E-state index contributed by atoms with van der Waals surface area (Å²) in [7, 11) is -3.78. The van der Waals surface area contributed by atoms with E-state index in [1.807, 2.05) is 76.5 Å². The number of nitrogens with two attached hydrogens (primary N) is 1. The van der Waals surface area contributed by atoms with Gasteiger partial charge in [-0.3, -0.25) is 9.59 Å². The average Bonchev–Trinajstić information content (AvgIpc) is 3.23. The van der Waals surface area contributed by atoms with Gasteiger partial charge in [-0.05, 0) is 121 Å². The third kappa shape index (κ3) is 14.3. The van der Waals surface area contributed by atoms with Crippen LogP contribution in [-0.2, 0) is 39.0 Å². The average molecular weight is 914 g/mol. The number of aliphatic carboxylic acids is 1. The van der Waals surface area contributed by atoms with E-state index in [2.05, 4.69) is 27.3 Å². The first kappa shape index (κ1) is 46.5. The Balaban J connectivity index is 0.000000896. The maximum absolute atomic E-state index is 13.8. The lowest BCUT2D eigenvalue weighted by Gasteiger charge is -2.32. The molecule has 2 heterocycles. The van der Waals surface area contributed by atoms with Crippen LogP contribution in [0.25, 0.3) is 11.1 Å². The van der Waals surface area contributed by atoms with Crippen LogP contribution < -0.4 is 10.5 Å². The lowest BCUT2D eigenvalue weighted by molar-refractivity contribution is -0.192. The predicted molar refractivity (Wildman–Crippen MR) is 228 cm³/mol. The van der Waals surface area contributed by atoms with Crippen molar-refractivity contribution in [3.63, 3.8) is 0 Å². The highest BCUT2D eigenvalue weighted by molar-refractivity contribution is 9.10. The molecule has 60 heavy (non-hydrogen) atoms. The van der Waals surface area contributed by atoms with Crippen molar-refractivity contribution in [1.29, 1.82) is 0 Å². The molecule has 0 aliphatic carbocycles. The summed E-state index contributed by atoms with van der Waals surface area (Å²) in [5.74, 6) is -1.08. The van der Waals surface area contributed by atoms with Crippen LogP contribution in [-0.4, -0.2) is 80.0 Å². The van der Waals surface area contributed by atoms with Gasteiger partial charge < -0.3 is 20.2 Å². The van der Waals surface area contributed by atoms with Gasteiger partial charge in [0, 0.05) is 36.2 Å². The molecule has 2 amide bonds. The Morgan fingerprint density at radius 1 is 0.817 bits per heavy atom. The number of hydrogen-bond donors (Lipinski definition) is 3. The summed E-state index contributed by atoms with van der Waals surface area (Å²) in [6.07, 6.45) is 4.41. The maximum atomic E-state index is 13.8. The van der Waals surface area contributed by atoms with E-state index < -0.39 is 22.2 Å². The number of nitrogens with zero attached hydrogens (tertiary/aromatic N) is 2. The van der Waals surface area contributed by atoms with Gasteiger partial charge in [-0.2, -0.15) is 13.2 Å². The molecule has 0 unspecified atom stereocenters. The molecule has 4 N–H and O–H groups in total. The van der Waals surface area contributed by atoms with Crippen LogP contribution in [0.4, 0.5) is 13.2 Å². The monoisotopic (exact) mass is 912 g/mol. The number of primary sulfonamides is 1. The third-order valence-corrected chi connectivity index (χ3v) is 12.8. The molecule has 322 valence electrons. The van der Waals surface area contributed by atoms with E-state index in [0.29, 0.717) is 31.0 Å². The lowest BCUT2D eigenvalue weighted by Crippen LogP contribution is -2.38. The van der Waals surface area contributed by atoms with Gasteiger partial charge in [0.2, 0.25) is 15.9 Å². The molecule has 15 heteroatoms. The van der Waals surface area contributed by atoms with E-state index in [1.54, 1.807) is 12.1 Å². The molecule has 0 radical (unpaired) electrons. The molecule has 2 aliphatic rings. The first-order valence-electron chi connectivity index (χ1n) is 20.2. The van der Waals surface area contributed by atoms with Gasteiger partial charge in [-0.25, -0.2) is 18.4 Å². The van der Waals surface area contributed by atoms with Crippen LogP contribution in [0.15, 0.2) is 106 Å². The van der Waals surface area contributed by atoms with Crippen molar-refractivity contribution < 1.29 is 41.1 Å². The highest BCUT2D eigenvalue weighted by Gasteiger charge is 2.38. The fourth-order valence-corrected chi connectivity index (χ4v) is 8.63. The first-order valence-corrected chi connectivity index (χ1v) is 22.5. The molecule has 0 spiro atoms. The molecular weight excluding hydrogens is 861 g/mol. The van der Waals surface area contributed by atoms with Crippen LogP contribution >= 0.6 is 15.9 Å². The van der Waals surface area contributed by atoms with Gasteiger partial charge in [0.15, 0.2) is 0 Å². The molecule has 0 atom stereocenters. The quantitative estimate of drug-likeness (QED) is 0.115. The predicted octanol–water partition coefficient (Wildman–Crippen LogP) is 8.23. The number of alkyl halides is 3. The summed E-state index contributed by atoms with van der Waals surface area (Å²) in [6.45, 7) is 4.80. The second kappa shape index (κ2) is 21.8. The van der Waals surface area contributed by atoms with Crippen molar-refractivity contribution >= 4 is 43.7 Å². The summed E-state index contributed by atoms with van der Waals surface area (Å²) in [4.78, 5) is 40.3. The second-order valence-electron chi connectivity index (χ2n) is 15.5. The minimum atomic E-state index is -5.08. The first-order chi connectivity index (χ1) is 28.6. The van der Waals surface area contributed by atoms with Gasteiger partial charge in [-0.15, -0.1) is 0 Å². The Kier molecular flexibility index (Phi) is 16.9. The van der Waals surface area contributed by atoms with Crippen molar-refractivity contribution in [2.24, 2.45) is 17.0 Å². The number of carboxylic acids is 1. The Morgan fingerprint density at radius 3 is 2.03 bits per heavy atom. The topological polar surface area (TPSA) is 150 Å². The number of carboxylic acid groups (broad SMARTS) is 1. The molecule has 0 saturated carbocycles. The smallest absolute Gasteiger partial charge is 0.475 e. The van der Waals surface area contributed by atoms with Crippen LogP contribution in [0, 0.1) is 11.8 Å². The molecule has 4 aromatic rings. The van der Waals surface area contributed by atoms with E-state index in [0.717, 1.165) is 77.2 Å². The lowest BCUT2D eigenvalue weighted by atomic mass is 9.87. The molecule has 6 rings (SSSR count). The molecule has 4 aromatic carbocycles. The number of amides is 2. The molecule has 10 nitrogen and oxygen atoms in total. The largest absolute Gasteiger partial charge is 0.490 e. The SMILES string of the molecule is NS(=O)(=O)c1ccc(CCN(Cc2cccc(-c3cccc(C(=O)N4CCC(CCCC5CCNCC5)CC4)c3)c2)C(=O)Cc2ccccc2Br)cc1.O=C(O)C(F)(F)F. The van der Waals surface area contributed by atoms with Gasteiger partial charge in [0.05, 0.1) is 11.3 Å². The molecule has 0 bridgehead atoms. The fourth-order valence-electron chi connectivity index (χ4n) is 7.69. The van der Waals surface area contributed by atoms with Crippen LogP contribution in [0.3, 0.4) is 0 Å². The standard InChI is InChI=1S/C43H51BrN4O4S.C2HF3O2/c44-41-13-2-1-9-38(41)30-42(49)48(27-22-34-14-16-40(17-15-34)53(45,51)52)31-35-8-4-10-36(28-35)37-11-5-12-39(29-37)43(50)47-25-20-33(21-26-47)7-3-6-32-18-23-46-24-19-32;3-2(4,5)1(6)7/h1-2,4-5,8-17,28-29,32-33,46H,3,6-7,18-27,30-31H2,(H2,45,51,52);(H,6,7). The summed E-state index contributed by atoms with van der Waals surface area (Å²) in [5.41, 5.74) is 5.45. The zero-order valence-electron chi connectivity index (χ0n) is 33.4. The number of carbonyl (C=O) groups excluding carboxylic acids is 2. The van der Waals surface area contributed by atoms with E-state index in [1.165, 1.54) is 44.2 Å². The van der Waals surface area contributed by atoms with Crippen LogP contribution in [0.2, 0.25) is 0 Å². The number of sulfonamides is 1. The zero-order chi connectivity index (χ0) is 43.3. The van der Waals surface area contributed by atoms with Crippen molar-refractivity contribution in [3.8, 4) is 11.1 Å². The fraction of sp³-hybridized carbons (Fsp3) is 0.400. The number of halogens is 4. The number of carbonyl (C=O) groups is 3. The number of rotatable bonds is 14. The molecule has 2 aliphatic heterocycles. The van der Waals surface area contributed by atoms with Crippen molar-refractivity contribution in [1.82, 2.24) is 15.1 Å². The Hall–Kier alpha value is -4.57. The van der Waals surface area contributed by atoms with E-state index >= 15 is 0 Å². The van der Waals surface area contributed by atoms with Crippen LogP contribution in [0.5, 0.6) is 0 Å². The van der Waals surface area contributed by atoms with Crippen molar-refractivity contribution in [2.75, 3.05) is 32.7 Å². The van der Waals surface area contributed by atoms with Gasteiger partial charge >= 0.3 is 12.1 Å². The van der Waals surface area contributed by atoms with Gasteiger partial charge in [0.25, 0.3) is 5.91 Å². The summed E-state index contributed by atoms with van der Waals surface area (Å²) < 4.78 is 56.1. The molecule has 0 aromatic heterocycles. The Labute approximate surface area is 358 Å². The van der Waals surface area contributed by atoms with Gasteiger partial charge in [-0.1, -0.05) is 95.9 Å². The second-order valence-corrected chi connectivity index (χ2v) is 17.9. The molecule has 2 fully saturated rings. The Bertz CT molecular complexity index is 2170. The van der Waals surface area contributed by atoms with Crippen LogP contribution in [0.1, 0.15) is 72.0 Å². The highest BCUT2D eigenvalue weighted by Crippen LogP contribution is 2.28. The minimum Gasteiger partial charge on any atom is -0.475 e. The van der Waals surface area contributed by atoms with Gasteiger partial charge in [0.1, 0.15) is 0 Å². The summed E-state index contributed by atoms with van der Waals surface area (Å²) >= 11 is 3.58. The van der Waals surface area contributed by atoms with E-state index in [4.69, 9.17) is 15.0 Å². The third-order valence-electron chi connectivity index (χ3n) is 11.1. The molecule has 2 saturated heterocycles. The van der Waals surface area contributed by atoms with E-state index in [9.17, 15) is 31.2 Å². The minimum absolute atomic E-state index is 0.0124. The number of hydrogen-bond acceptors (Lipinski definition) is 6. The molecular formula is C45H52BrF3N4O6S. The van der Waals surface area contributed by atoms with Crippen molar-refractivity contribution in [3.05, 3.63) is 124 Å². The number of nitrogens with one attached hydrogen (secondary N) is 1. The van der Waals surface area contributed by atoms with Crippen molar-refractivity contribution in [2.45, 2.75) is 75.4 Å². The maximum Gasteiger partial charge on any atom is 0.490 e.